The summed E-state index contributed by atoms with van der Waals surface area (Å²) >= 11 is 4.92. The lowest BCUT2D eigenvalue weighted by atomic mass is 9.91. The Morgan fingerprint density at radius 3 is 2.33 bits per heavy atom. The predicted octanol–water partition coefficient (Wildman–Crippen LogP) is 7.41. The van der Waals surface area contributed by atoms with Gasteiger partial charge in [-0.2, -0.15) is 0 Å². The van der Waals surface area contributed by atoms with Gasteiger partial charge in [-0.3, -0.25) is 9.36 Å². The number of ether oxygens (including phenoxy) is 3. The monoisotopic (exact) mass is 722 g/mol. The third-order valence-corrected chi connectivity index (χ3v) is 9.64. The van der Waals surface area contributed by atoms with Gasteiger partial charge >= 0.3 is 5.97 Å². The molecule has 1 aliphatic rings. The number of halogens is 1. The van der Waals surface area contributed by atoms with Crippen LogP contribution in [0.15, 0.2) is 117 Å². The van der Waals surface area contributed by atoms with Crippen molar-refractivity contribution in [2.45, 2.75) is 39.3 Å². The zero-order chi connectivity index (χ0) is 33.8. The Balaban J connectivity index is 1.51. The second kappa shape index (κ2) is 14.6. The highest BCUT2D eigenvalue weighted by atomic mass is 79.9. The van der Waals surface area contributed by atoms with E-state index >= 15 is 0 Å². The number of esters is 1. The summed E-state index contributed by atoms with van der Waals surface area (Å²) in [5, 5.41) is 0. The number of nitrogens with zero attached hydrogens (tertiary/aromatic N) is 2. The summed E-state index contributed by atoms with van der Waals surface area (Å²) in [4.78, 5) is 33.5. The number of methoxy groups -OCH3 is 1. The van der Waals surface area contributed by atoms with E-state index in [1.807, 2.05) is 103 Å². The molecule has 0 unspecified atom stereocenters. The number of hydrogen-bond donors (Lipinski definition) is 0. The Kier molecular flexibility index (Phi) is 10.1. The molecule has 0 saturated carbocycles. The first-order valence-electron chi connectivity index (χ1n) is 15.7. The maximum atomic E-state index is 14.4. The minimum Gasteiger partial charge on any atom is -0.493 e. The van der Waals surface area contributed by atoms with Crippen molar-refractivity contribution in [2.24, 2.45) is 4.99 Å². The SMILES string of the molecule is CCOC(=O)C1=C(c2ccccc2)N=c2s/c(=C\c3cc(Br)c(OCc4ccccc4)c(OC)c3)c(=O)n2[C@@H]1c1ccc(C(C)C)cc1. The lowest BCUT2D eigenvalue weighted by Crippen LogP contribution is -2.40. The summed E-state index contributed by atoms with van der Waals surface area (Å²) in [5.41, 5.74) is 5.04. The Bertz CT molecular complexity index is 2150. The van der Waals surface area contributed by atoms with E-state index < -0.39 is 12.0 Å². The van der Waals surface area contributed by atoms with Crippen LogP contribution in [0.1, 0.15) is 60.5 Å². The first-order valence-corrected chi connectivity index (χ1v) is 17.3. The molecule has 0 amide bonds. The third-order valence-electron chi connectivity index (χ3n) is 8.07. The predicted molar refractivity (Wildman–Crippen MR) is 193 cm³/mol. The molecule has 244 valence electrons. The largest absolute Gasteiger partial charge is 0.493 e. The zero-order valence-electron chi connectivity index (χ0n) is 27.1. The molecule has 0 fully saturated rings. The minimum absolute atomic E-state index is 0.190. The molecular weight excluding hydrogens is 688 g/mol. The van der Waals surface area contributed by atoms with Gasteiger partial charge in [0.25, 0.3) is 5.56 Å². The Morgan fingerprint density at radius 2 is 1.69 bits per heavy atom. The number of hydrogen-bond acceptors (Lipinski definition) is 7. The van der Waals surface area contributed by atoms with E-state index in [0.717, 1.165) is 27.8 Å². The molecule has 9 heteroatoms. The van der Waals surface area contributed by atoms with Crippen LogP contribution >= 0.6 is 27.3 Å². The average Bonchev–Trinajstić information content (AvgIpc) is 3.41. The number of fused-ring (bicyclic) bond motifs is 1. The molecule has 6 rings (SSSR count). The molecule has 2 heterocycles. The van der Waals surface area contributed by atoms with Crippen LogP contribution in [0, 0.1) is 0 Å². The van der Waals surface area contributed by atoms with E-state index in [-0.39, 0.29) is 12.2 Å². The van der Waals surface area contributed by atoms with Crippen molar-refractivity contribution in [3.63, 3.8) is 0 Å². The van der Waals surface area contributed by atoms with Gasteiger partial charge in [-0.15, -0.1) is 0 Å². The first kappa shape index (κ1) is 33.2. The molecule has 0 saturated heterocycles. The van der Waals surface area contributed by atoms with Gasteiger partial charge in [-0.25, -0.2) is 9.79 Å². The molecule has 5 aromatic rings. The minimum atomic E-state index is -0.742. The third kappa shape index (κ3) is 6.79. The van der Waals surface area contributed by atoms with Gasteiger partial charge < -0.3 is 14.2 Å². The Morgan fingerprint density at radius 1 is 1.00 bits per heavy atom. The summed E-state index contributed by atoms with van der Waals surface area (Å²) in [5.74, 6) is 0.911. The van der Waals surface area contributed by atoms with Gasteiger partial charge in [0, 0.05) is 5.56 Å². The van der Waals surface area contributed by atoms with E-state index in [4.69, 9.17) is 19.2 Å². The van der Waals surface area contributed by atoms with E-state index in [2.05, 4.69) is 29.8 Å². The van der Waals surface area contributed by atoms with Crippen LogP contribution in [-0.2, 0) is 16.1 Å². The molecule has 1 aliphatic heterocycles. The number of thiazole rings is 1. The molecule has 7 nitrogen and oxygen atoms in total. The van der Waals surface area contributed by atoms with Gasteiger partial charge in [0.05, 0.1) is 40.0 Å². The lowest BCUT2D eigenvalue weighted by molar-refractivity contribution is -0.138. The fourth-order valence-corrected chi connectivity index (χ4v) is 7.24. The van der Waals surface area contributed by atoms with Crippen LogP contribution in [0.4, 0.5) is 0 Å². The highest BCUT2D eigenvalue weighted by Crippen LogP contribution is 2.38. The maximum absolute atomic E-state index is 14.4. The molecule has 0 spiro atoms. The smallest absolute Gasteiger partial charge is 0.338 e. The number of benzene rings is 4. The van der Waals surface area contributed by atoms with Crippen molar-refractivity contribution < 1.29 is 19.0 Å². The molecule has 4 aromatic carbocycles. The summed E-state index contributed by atoms with van der Waals surface area (Å²) in [6.45, 7) is 6.59. The lowest BCUT2D eigenvalue weighted by Gasteiger charge is -2.26. The highest BCUT2D eigenvalue weighted by Gasteiger charge is 2.35. The number of aromatic nitrogens is 1. The van der Waals surface area contributed by atoms with E-state index in [1.165, 1.54) is 11.3 Å². The van der Waals surface area contributed by atoms with Crippen LogP contribution in [0.3, 0.4) is 0 Å². The van der Waals surface area contributed by atoms with Gasteiger partial charge in [-0.1, -0.05) is 110 Å². The zero-order valence-corrected chi connectivity index (χ0v) is 29.5. The van der Waals surface area contributed by atoms with Crippen molar-refractivity contribution in [1.29, 1.82) is 0 Å². The first-order chi connectivity index (χ1) is 23.3. The van der Waals surface area contributed by atoms with Crippen molar-refractivity contribution in [2.75, 3.05) is 13.7 Å². The maximum Gasteiger partial charge on any atom is 0.338 e. The van der Waals surface area contributed by atoms with Crippen LogP contribution < -0.4 is 24.4 Å². The number of carbonyl (C=O) groups is 1. The van der Waals surface area contributed by atoms with Crippen molar-refractivity contribution in [3.8, 4) is 11.5 Å². The summed E-state index contributed by atoms with van der Waals surface area (Å²) in [6, 6.07) is 30.5. The Hall–Kier alpha value is -4.73. The molecule has 1 atom stereocenters. The van der Waals surface area contributed by atoms with E-state index in [1.54, 1.807) is 18.6 Å². The van der Waals surface area contributed by atoms with Gasteiger partial charge in [-0.05, 0) is 69.2 Å². The molecule has 0 aliphatic carbocycles. The van der Waals surface area contributed by atoms with Crippen LogP contribution in [-0.4, -0.2) is 24.3 Å². The highest BCUT2D eigenvalue weighted by molar-refractivity contribution is 9.10. The number of carbonyl (C=O) groups excluding carboxylic acids is 1. The fraction of sp³-hybridized carbons (Fsp3) is 0.205. The fourth-order valence-electron chi connectivity index (χ4n) is 5.66. The molecule has 0 bridgehead atoms. The summed E-state index contributed by atoms with van der Waals surface area (Å²) in [6.07, 6.45) is 1.81. The summed E-state index contributed by atoms with van der Waals surface area (Å²) in [7, 11) is 1.58. The average molecular weight is 724 g/mol. The van der Waals surface area contributed by atoms with Crippen LogP contribution in [0.25, 0.3) is 11.8 Å². The second-order valence-corrected chi connectivity index (χ2v) is 13.4. The van der Waals surface area contributed by atoms with Crippen LogP contribution in [0.5, 0.6) is 11.5 Å². The second-order valence-electron chi connectivity index (χ2n) is 11.6. The van der Waals surface area contributed by atoms with Crippen molar-refractivity contribution in [3.05, 3.63) is 155 Å². The van der Waals surface area contributed by atoms with Crippen LogP contribution in [0.2, 0.25) is 0 Å². The molecule has 48 heavy (non-hydrogen) atoms. The Labute approximate surface area is 291 Å². The topological polar surface area (TPSA) is 79.1 Å². The molecular formula is C39H35BrN2O5S. The van der Waals surface area contributed by atoms with Gasteiger partial charge in [0.1, 0.15) is 6.61 Å². The quantitative estimate of drug-likeness (QED) is 0.140. The normalized spacial score (nSPS) is 14.5. The molecule has 1 aromatic heterocycles. The van der Waals surface area contributed by atoms with Crippen molar-refractivity contribution >= 4 is 45.0 Å². The van der Waals surface area contributed by atoms with E-state index in [0.29, 0.717) is 49.1 Å². The van der Waals surface area contributed by atoms with Gasteiger partial charge in [0.2, 0.25) is 0 Å². The summed E-state index contributed by atoms with van der Waals surface area (Å²) < 4.78 is 20.2. The molecule has 0 N–H and O–H groups in total. The number of rotatable bonds is 10. The van der Waals surface area contributed by atoms with Crippen molar-refractivity contribution in [1.82, 2.24) is 4.57 Å². The van der Waals surface area contributed by atoms with E-state index in [9.17, 15) is 9.59 Å². The molecule has 0 radical (unpaired) electrons. The standard InChI is InChI=1S/C39H35BrN2O5S/c1-5-46-38(44)33-34(28-14-10-7-11-15-28)41-39-42(35(33)29-18-16-27(17-19-29)24(2)3)37(43)32(48-39)22-26-20-30(40)36(31(21-26)45-4)47-23-25-12-8-6-9-13-25/h6-22,24,35H,5,23H2,1-4H3/b32-22-/t35-/m1/s1. The van der Waals surface area contributed by atoms with Gasteiger partial charge in [0.15, 0.2) is 16.3 Å².